The Balaban J connectivity index is 2.58. The van der Waals surface area contributed by atoms with Gasteiger partial charge in [0.1, 0.15) is 6.61 Å². The van der Waals surface area contributed by atoms with Gasteiger partial charge < -0.3 is 15.6 Å². The summed E-state index contributed by atoms with van der Waals surface area (Å²) in [6, 6.07) is 5.31. The molecule has 86 valence electrons. The van der Waals surface area contributed by atoms with E-state index in [4.69, 9.17) is 10.8 Å². The summed E-state index contributed by atoms with van der Waals surface area (Å²) in [6.07, 6.45) is -2.48. The van der Waals surface area contributed by atoms with E-state index in [1.807, 2.05) is 13.0 Å². The number of carbonyl (C=O) groups is 2. The van der Waals surface area contributed by atoms with Gasteiger partial charge >= 0.3 is 12.2 Å². The quantitative estimate of drug-likeness (QED) is 0.660. The van der Waals surface area contributed by atoms with E-state index in [1.54, 1.807) is 17.4 Å². The molecule has 0 fully saturated rings. The molecule has 1 aromatic rings. The maximum absolute atomic E-state index is 10.9. The van der Waals surface area contributed by atoms with Crippen molar-refractivity contribution < 1.29 is 19.4 Å². The third-order valence-corrected chi connectivity index (χ3v) is 1.98. The van der Waals surface area contributed by atoms with Crippen LogP contribution in [-0.4, -0.2) is 17.3 Å². The topological polar surface area (TPSA) is 102 Å². The van der Waals surface area contributed by atoms with Crippen molar-refractivity contribution in [1.82, 2.24) is 5.32 Å². The van der Waals surface area contributed by atoms with Crippen molar-refractivity contribution in [3.63, 3.8) is 0 Å². The molecule has 1 rings (SSSR count). The van der Waals surface area contributed by atoms with E-state index in [0.717, 1.165) is 5.56 Å². The fraction of sp³-hybridized carbons (Fsp3) is 0.200. The Kier molecular flexibility index (Phi) is 3.71. The van der Waals surface area contributed by atoms with Gasteiger partial charge in [0.2, 0.25) is 0 Å². The number of hydrogen-bond acceptors (Lipinski definition) is 4. The third-order valence-electron chi connectivity index (χ3n) is 1.98. The molecule has 0 radical (unpaired) electrons. The maximum atomic E-state index is 10.9. The molecule has 1 aromatic carbocycles. The van der Waals surface area contributed by atoms with Crippen molar-refractivity contribution >= 4 is 17.9 Å². The number of nitrogen functional groups attached to an aromatic ring is 1. The normalized spacial score (nSPS) is 9.56. The van der Waals surface area contributed by atoms with Gasteiger partial charge in [0.15, 0.2) is 0 Å². The second-order valence-electron chi connectivity index (χ2n) is 3.15. The summed E-state index contributed by atoms with van der Waals surface area (Å²) >= 11 is 0. The number of imide groups is 1. The molecule has 6 heteroatoms. The highest BCUT2D eigenvalue weighted by Crippen LogP contribution is 2.17. The van der Waals surface area contributed by atoms with Crippen LogP contribution in [0.4, 0.5) is 15.3 Å². The average Bonchev–Trinajstić information content (AvgIpc) is 2.19. The van der Waals surface area contributed by atoms with Crippen LogP contribution in [0.2, 0.25) is 0 Å². The summed E-state index contributed by atoms with van der Waals surface area (Å²) in [5.74, 6) is 0. The summed E-state index contributed by atoms with van der Waals surface area (Å²) < 4.78 is 4.66. The lowest BCUT2D eigenvalue weighted by atomic mass is 10.1. The molecule has 4 N–H and O–H groups in total. The molecule has 0 bridgehead atoms. The summed E-state index contributed by atoms with van der Waals surface area (Å²) in [7, 11) is 0. The second kappa shape index (κ2) is 5.01. The Morgan fingerprint density at radius 2 is 2.19 bits per heavy atom. The maximum Gasteiger partial charge on any atom is 0.416 e. The van der Waals surface area contributed by atoms with E-state index in [9.17, 15) is 9.59 Å². The Hall–Kier alpha value is -2.24. The van der Waals surface area contributed by atoms with Crippen LogP contribution in [0.5, 0.6) is 0 Å². The summed E-state index contributed by atoms with van der Waals surface area (Å²) in [5, 5.41) is 9.80. The van der Waals surface area contributed by atoms with Gasteiger partial charge in [-0.15, -0.1) is 0 Å². The molecule has 0 aliphatic rings. The molecule has 0 aromatic heterocycles. The third kappa shape index (κ3) is 3.16. The largest absolute Gasteiger partial charge is 0.465 e. The van der Waals surface area contributed by atoms with E-state index in [1.165, 1.54) is 0 Å². The Morgan fingerprint density at radius 1 is 1.50 bits per heavy atom. The predicted molar refractivity (Wildman–Crippen MR) is 56.9 cm³/mol. The van der Waals surface area contributed by atoms with Crippen molar-refractivity contribution in [3.05, 3.63) is 29.3 Å². The van der Waals surface area contributed by atoms with Crippen molar-refractivity contribution in [2.24, 2.45) is 0 Å². The number of nitrogens with two attached hydrogens (primary N) is 1. The zero-order valence-corrected chi connectivity index (χ0v) is 8.69. The van der Waals surface area contributed by atoms with Gasteiger partial charge in [-0.25, -0.2) is 14.9 Å². The number of aryl methyl sites for hydroxylation is 1. The summed E-state index contributed by atoms with van der Waals surface area (Å²) in [4.78, 5) is 21.0. The van der Waals surface area contributed by atoms with Crippen molar-refractivity contribution in [1.29, 1.82) is 0 Å². The van der Waals surface area contributed by atoms with Crippen LogP contribution >= 0.6 is 0 Å². The predicted octanol–water partition coefficient (Wildman–Crippen LogP) is 1.48. The fourth-order valence-electron chi connectivity index (χ4n) is 1.13. The number of amides is 2. The van der Waals surface area contributed by atoms with Crippen molar-refractivity contribution in [3.8, 4) is 0 Å². The Labute approximate surface area is 92.0 Å². The first-order valence-electron chi connectivity index (χ1n) is 4.51. The number of rotatable bonds is 2. The number of hydrogen-bond donors (Lipinski definition) is 3. The van der Waals surface area contributed by atoms with Gasteiger partial charge in [0, 0.05) is 11.3 Å². The van der Waals surface area contributed by atoms with E-state index < -0.39 is 12.2 Å². The lowest BCUT2D eigenvalue weighted by molar-refractivity contribution is 0.134. The molecule has 0 saturated carbocycles. The first-order chi connectivity index (χ1) is 7.50. The number of benzene rings is 1. The van der Waals surface area contributed by atoms with Gasteiger partial charge in [-0.2, -0.15) is 0 Å². The molecule has 0 heterocycles. The number of nitrogens with one attached hydrogen (secondary N) is 1. The van der Waals surface area contributed by atoms with Crippen LogP contribution in [0.25, 0.3) is 0 Å². The molecule has 0 aliphatic heterocycles. The Bertz CT molecular complexity index is 417. The minimum Gasteiger partial charge on any atom is -0.465 e. The number of para-hydroxylation sites is 1. The second-order valence-corrected chi connectivity index (χ2v) is 3.15. The highest BCUT2D eigenvalue weighted by molar-refractivity contribution is 5.86. The molecule has 0 atom stereocenters. The minimum atomic E-state index is -1.46. The van der Waals surface area contributed by atoms with Gasteiger partial charge in [0.25, 0.3) is 0 Å². The molecule has 2 amide bonds. The molecule has 0 unspecified atom stereocenters. The highest BCUT2D eigenvalue weighted by Gasteiger charge is 2.08. The molecule has 6 nitrogen and oxygen atoms in total. The zero-order chi connectivity index (χ0) is 12.1. The number of anilines is 1. The molecular formula is C10H12N2O4. The molecule has 0 spiro atoms. The van der Waals surface area contributed by atoms with Crippen LogP contribution < -0.4 is 11.1 Å². The number of alkyl carbamates (subject to hydrolysis) is 1. The Morgan fingerprint density at radius 3 is 2.81 bits per heavy atom. The fourth-order valence-corrected chi connectivity index (χ4v) is 1.13. The van der Waals surface area contributed by atoms with Crippen LogP contribution in [0.1, 0.15) is 11.1 Å². The minimum absolute atomic E-state index is 0.0629. The molecular weight excluding hydrogens is 212 g/mol. The van der Waals surface area contributed by atoms with Crippen LogP contribution in [-0.2, 0) is 11.3 Å². The lowest BCUT2D eigenvalue weighted by Crippen LogP contribution is -2.29. The van der Waals surface area contributed by atoms with Crippen molar-refractivity contribution in [2.75, 3.05) is 5.73 Å². The number of carbonyl (C=O) groups excluding carboxylic acids is 1. The van der Waals surface area contributed by atoms with Crippen LogP contribution in [0.3, 0.4) is 0 Å². The van der Waals surface area contributed by atoms with Crippen LogP contribution in [0, 0.1) is 6.92 Å². The van der Waals surface area contributed by atoms with Gasteiger partial charge in [-0.1, -0.05) is 18.2 Å². The lowest BCUT2D eigenvalue weighted by Gasteiger charge is -2.08. The summed E-state index contributed by atoms with van der Waals surface area (Å²) in [5.41, 5.74) is 7.79. The average molecular weight is 224 g/mol. The first-order valence-corrected chi connectivity index (χ1v) is 4.51. The molecule has 0 aliphatic carbocycles. The highest BCUT2D eigenvalue weighted by atomic mass is 16.6. The number of carboxylic acid groups (broad SMARTS) is 1. The molecule has 16 heavy (non-hydrogen) atoms. The van der Waals surface area contributed by atoms with E-state index in [2.05, 4.69) is 4.74 Å². The zero-order valence-electron chi connectivity index (χ0n) is 8.69. The van der Waals surface area contributed by atoms with E-state index in [-0.39, 0.29) is 6.61 Å². The van der Waals surface area contributed by atoms with Gasteiger partial charge in [0.05, 0.1) is 0 Å². The monoisotopic (exact) mass is 224 g/mol. The van der Waals surface area contributed by atoms with Crippen molar-refractivity contribution in [2.45, 2.75) is 13.5 Å². The molecule has 0 saturated heterocycles. The first kappa shape index (κ1) is 11.8. The SMILES string of the molecule is Cc1cccc(COC(=O)NC(=O)O)c1N. The standard InChI is InChI=1S/C10H12N2O4/c1-6-3-2-4-7(8(6)11)5-16-10(15)12-9(13)14/h2-4H,5,11H2,1H3,(H,12,15)(H,13,14). The summed E-state index contributed by atoms with van der Waals surface area (Å²) in [6.45, 7) is 1.77. The van der Waals surface area contributed by atoms with E-state index in [0.29, 0.717) is 11.3 Å². The van der Waals surface area contributed by atoms with Crippen LogP contribution in [0.15, 0.2) is 18.2 Å². The number of ether oxygens (including phenoxy) is 1. The van der Waals surface area contributed by atoms with Gasteiger partial charge in [-0.05, 0) is 12.5 Å². The van der Waals surface area contributed by atoms with Gasteiger partial charge in [-0.3, -0.25) is 0 Å². The van der Waals surface area contributed by atoms with E-state index >= 15 is 0 Å². The smallest absolute Gasteiger partial charge is 0.416 e.